The van der Waals surface area contributed by atoms with Gasteiger partial charge in [-0.05, 0) is 42.8 Å². The highest BCUT2D eigenvalue weighted by Crippen LogP contribution is 2.33. The molecule has 2 N–H and O–H groups in total. The fourth-order valence-electron chi connectivity index (χ4n) is 3.75. The number of hydrogen-bond acceptors (Lipinski definition) is 7. The molecular formula is C24H26N4O6. The van der Waals surface area contributed by atoms with Crippen molar-refractivity contribution in [3.05, 3.63) is 68.9 Å². The van der Waals surface area contributed by atoms with Crippen molar-refractivity contribution in [2.75, 3.05) is 14.2 Å². The van der Waals surface area contributed by atoms with Crippen molar-refractivity contribution in [2.24, 2.45) is 7.05 Å². The number of aryl methyl sites for hydroxylation is 1. The van der Waals surface area contributed by atoms with Gasteiger partial charge < -0.3 is 23.9 Å². The van der Waals surface area contributed by atoms with Crippen molar-refractivity contribution in [1.29, 1.82) is 0 Å². The Hall–Kier alpha value is -4.05. The highest BCUT2D eigenvalue weighted by molar-refractivity contribution is 5.77. The lowest BCUT2D eigenvalue weighted by Gasteiger charge is -2.12. The first-order chi connectivity index (χ1) is 16.3. The standard InChI is InChI=1S/C24H26N4O6/c1-14(29)12-28-22-20(23(30)26-24(28)31)27(2)21(25-22)16-7-10-18(19(11-16)33-4)34-13-15-5-8-17(32-3)9-6-15/h5-11,14,29H,12-13H2,1-4H3,(H,26,30,31). The quantitative estimate of drug-likeness (QED) is 0.408. The molecule has 0 saturated carbocycles. The van der Waals surface area contributed by atoms with Gasteiger partial charge in [0.25, 0.3) is 5.56 Å². The molecule has 10 heteroatoms. The van der Waals surface area contributed by atoms with Gasteiger partial charge in [0.05, 0.1) is 26.9 Å². The van der Waals surface area contributed by atoms with Crippen LogP contribution >= 0.6 is 0 Å². The van der Waals surface area contributed by atoms with Crippen molar-refractivity contribution >= 4 is 11.2 Å². The van der Waals surface area contributed by atoms with Gasteiger partial charge in [-0.1, -0.05) is 12.1 Å². The third-order valence-electron chi connectivity index (χ3n) is 5.44. The number of aliphatic hydroxyl groups excluding tert-OH is 1. The molecule has 2 heterocycles. The molecule has 0 saturated heterocycles. The molecule has 0 radical (unpaired) electrons. The maximum absolute atomic E-state index is 12.5. The number of aromatic amines is 1. The van der Waals surface area contributed by atoms with Crippen LogP contribution in [0.25, 0.3) is 22.6 Å². The lowest BCUT2D eigenvalue weighted by Crippen LogP contribution is -2.33. The summed E-state index contributed by atoms with van der Waals surface area (Å²) in [4.78, 5) is 31.7. The second-order valence-corrected chi connectivity index (χ2v) is 7.89. The minimum Gasteiger partial charge on any atom is -0.497 e. The SMILES string of the molecule is COc1ccc(COc2ccc(-c3nc4c(c(=O)[nH]c(=O)n4CC(C)O)n3C)cc2OC)cc1. The van der Waals surface area contributed by atoms with Crippen molar-refractivity contribution < 1.29 is 19.3 Å². The third-order valence-corrected chi connectivity index (χ3v) is 5.44. The molecule has 178 valence electrons. The fraction of sp³-hybridized carbons (Fsp3) is 0.292. The Kier molecular flexibility index (Phi) is 6.42. The highest BCUT2D eigenvalue weighted by atomic mass is 16.5. The van der Waals surface area contributed by atoms with Crippen molar-refractivity contribution in [3.63, 3.8) is 0 Å². The summed E-state index contributed by atoms with van der Waals surface area (Å²) in [6.07, 6.45) is -0.792. The predicted molar refractivity (Wildman–Crippen MR) is 127 cm³/mol. The fourth-order valence-corrected chi connectivity index (χ4v) is 3.75. The molecule has 2 aromatic carbocycles. The van der Waals surface area contributed by atoms with Crippen molar-refractivity contribution in [1.82, 2.24) is 19.1 Å². The summed E-state index contributed by atoms with van der Waals surface area (Å²) in [5.41, 5.74) is 0.901. The van der Waals surface area contributed by atoms with E-state index in [1.807, 2.05) is 24.3 Å². The Balaban J connectivity index is 1.69. The molecule has 4 aromatic rings. The first-order valence-electron chi connectivity index (χ1n) is 10.6. The number of aliphatic hydroxyl groups is 1. The molecule has 4 rings (SSSR count). The van der Waals surface area contributed by atoms with Gasteiger partial charge in [0.2, 0.25) is 0 Å². The van der Waals surface area contributed by atoms with Crippen LogP contribution in [0.2, 0.25) is 0 Å². The van der Waals surface area contributed by atoms with Gasteiger partial charge in [-0.3, -0.25) is 14.3 Å². The van der Waals surface area contributed by atoms with Crippen molar-refractivity contribution in [2.45, 2.75) is 26.2 Å². The van der Waals surface area contributed by atoms with Crippen molar-refractivity contribution in [3.8, 4) is 28.6 Å². The monoisotopic (exact) mass is 466 g/mol. The molecule has 0 amide bonds. The van der Waals surface area contributed by atoms with Gasteiger partial charge in [0.1, 0.15) is 18.2 Å². The van der Waals surface area contributed by atoms with Crippen LogP contribution in [0.3, 0.4) is 0 Å². The van der Waals surface area contributed by atoms with Crippen LogP contribution in [0.4, 0.5) is 0 Å². The maximum atomic E-state index is 12.5. The summed E-state index contributed by atoms with van der Waals surface area (Å²) >= 11 is 0. The molecule has 34 heavy (non-hydrogen) atoms. The van der Waals surface area contributed by atoms with Gasteiger partial charge in [-0.25, -0.2) is 9.78 Å². The number of methoxy groups -OCH3 is 2. The van der Waals surface area contributed by atoms with Crippen LogP contribution in [0.5, 0.6) is 17.2 Å². The number of aromatic nitrogens is 4. The number of ether oxygens (including phenoxy) is 3. The topological polar surface area (TPSA) is 121 Å². The zero-order valence-corrected chi connectivity index (χ0v) is 19.4. The van der Waals surface area contributed by atoms with Gasteiger partial charge in [-0.2, -0.15) is 0 Å². The van der Waals surface area contributed by atoms with Crippen LogP contribution in [-0.2, 0) is 20.2 Å². The lowest BCUT2D eigenvalue weighted by molar-refractivity contribution is 0.173. The number of benzene rings is 2. The molecule has 0 bridgehead atoms. The second kappa shape index (κ2) is 9.44. The van der Waals surface area contributed by atoms with E-state index in [0.29, 0.717) is 29.5 Å². The summed E-state index contributed by atoms with van der Waals surface area (Å²) < 4.78 is 19.5. The first-order valence-corrected chi connectivity index (χ1v) is 10.6. The number of fused-ring (bicyclic) bond motifs is 1. The van der Waals surface area contributed by atoms with E-state index in [-0.39, 0.29) is 17.7 Å². The molecule has 0 aliphatic heterocycles. The molecule has 1 atom stereocenters. The largest absolute Gasteiger partial charge is 0.497 e. The highest BCUT2D eigenvalue weighted by Gasteiger charge is 2.19. The minimum absolute atomic E-state index is 0.00399. The Morgan fingerprint density at radius 3 is 2.44 bits per heavy atom. The van der Waals surface area contributed by atoms with Gasteiger partial charge in [-0.15, -0.1) is 0 Å². The van der Waals surface area contributed by atoms with Gasteiger partial charge >= 0.3 is 5.69 Å². The van der Waals surface area contributed by atoms with E-state index >= 15 is 0 Å². The normalized spacial score (nSPS) is 12.0. The van der Waals surface area contributed by atoms with Gasteiger partial charge in [0.15, 0.2) is 22.7 Å². The zero-order valence-electron chi connectivity index (χ0n) is 19.4. The van der Waals surface area contributed by atoms with E-state index in [0.717, 1.165) is 11.3 Å². The van der Waals surface area contributed by atoms with Crippen LogP contribution in [0, 0.1) is 0 Å². The maximum Gasteiger partial charge on any atom is 0.330 e. The molecule has 0 spiro atoms. The minimum atomic E-state index is -0.792. The number of H-pyrrole nitrogens is 1. The Bertz CT molecular complexity index is 1430. The lowest BCUT2D eigenvalue weighted by atomic mass is 10.2. The summed E-state index contributed by atoms with van der Waals surface area (Å²) in [7, 11) is 4.85. The van der Waals surface area contributed by atoms with E-state index < -0.39 is 17.4 Å². The zero-order chi connectivity index (χ0) is 24.4. The molecule has 0 aliphatic rings. The van der Waals surface area contributed by atoms with Gasteiger partial charge in [0, 0.05) is 12.6 Å². The average Bonchev–Trinajstić information content (AvgIpc) is 3.18. The number of nitrogens with zero attached hydrogens (tertiary/aromatic N) is 3. The summed E-state index contributed by atoms with van der Waals surface area (Å²) in [6, 6.07) is 12.9. The van der Waals surface area contributed by atoms with Crippen LogP contribution < -0.4 is 25.5 Å². The summed E-state index contributed by atoms with van der Waals surface area (Å²) in [6.45, 7) is 1.90. The molecule has 2 aromatic heterocycles. The van der Waals surface area contributed by atoms with E-state index in [9.17, 15) is 14.7 Å². The van der Waals surface area contributed by atoms with Crippen LogP contribution in [0.1, 0.15) is 12.5 Å². The molecule has 0 aliphatic carbocycles. The first kappa shape index (κ1) is 23.1. The molecule has 10 nitrogen and oxygen atoms in total. The Morgan fingerprint density at radius 1 is 1.06 bits per heavy atom. The second-order valence-electron chi connectivity index (χ2n) is 7.89. The number of nitrogens with one attached hydrogen (secondary N) is 1. The van der Waals surface area contributed by atoms with E-state index in [2.05, 4.69) is 9.97 Å². The average molecular weight is 466 g/mol. The number of hydrogen-bond donors (Lipinski definition) is 2. The number of rotatable bonds is 8. The van der Waals surface area contributed by atoms with E-state index in [4.69, 9.17) is 14.2 Å². The smallest absolute Gasteiger partial charge is 0.330 e. The van der Waals surface area contributed by atoms with E-state index in [1.54, 1.807) is 51.0 Å². The Labute approximate surface area is 195 Å². The van der Waals surface area contributed by atoms with Crippen LogP contribution in [-0.4, -0.2) is 44.5 Å². The predicted octanol–water partition coefficient (Wildman–Crippen LogP) is 2.07. The van der Waals surface area contributed by atoms with E-state index in [1.165, 1.54) is 4.57 Å². The Morgan fingerprint density at radius 2 is 1.79 bits per heavy atom. The number of imidazole rings is 1. The summed E-state index contributed by atoms with van der Waals surface area (Å²) in [5.74, 6) is 2.27. The van der Waals surface area contributed by atoms with Crippen LogP contribution in [0.15, 0.2) is 52.1 Å². The molecule has 1 unspecified atom stereocenters. The molecule has 0 fully saturated rings. The molecular weight excluding hydrogens is 440 g/mol. The summed E-state index contributed by atoms with van der Waals surface area (Å²) in [5, 5.41) is 9.79. The third kappa shape index (κ3) is 4.40.